The van der Waals surface area contributed by atoms with Crippen molar-refractivity contribution >= 4 is 5.91 Å². The molecule has 0 aromatic heterocycles. The van der Waals surface area contributed by atoms with Crippen LogP contribution in [0.15, 0.2) is 30.4 Å². The van der Waals surface area contributed by atoms with Gasteiger partial charge >= 0.3 is 0 Å². The average Bonchev–Trinajstić information content (AvgIpc) is 2.97. The van der Waals surface area contributed by atoms with Crippen LogP contribution in [-0.4, -0.2) is 11.9 Å². The van der Waals surface area contributed by atoms with Crippen LogP contribution in [0.5, 0.6) is 0 Å². The third-order valence-electron chi connectivity index (χ3n) is 3.44. The van der Waals surface area contributed by atoms with Crippen LogP contribution in [0.25, 0.3) is 0 Å². The van der Waals surface area contributed by atoms with Gasteiger partial charge in [0.25, 0.3) is 5.91 Å². The van der Waals surface area contributed by atoms with Crippen molar-refractivity contribution in [1.29, 1.82) is 0 Å². The van der Waals surface area contributed by atoms with Crippen LogP contribution in [0.3, 0.4) is 0 Å². The smallest absolute Gasteiger partial charge is 0.251 e. The summed E-state index contributed by atoms with van der Waals surface area (Å²) in [6.07, 6.45) is 6.16. The molecule has 1 amide bonds. The topological polar surface area (TPSA) is 41.1 Å². The van der Waals surface area contributed by atoms with E-state index in [2.05, 4.69) is 28.9 Å². The van der Waals surface area contributed by atoms with Gasteiger partial charge in [0, 0.05) is 24.7 Å². The highest BCUT2D eigenvalue weighted by atomic mass is 16.1. The van der Waals surface area contributed by atoms with E-state index in [0.29, 0.717) is 0 Å². The van der Waals surface area contributed by atoms with Crippen LogP contribution in [-0.2, 0) is 13.1 Å². The first kappa shape index (κ1) is 10.5. The lowest BCUT2D eigenvalue weighted by Crippen LogP contribution is -2.32. The highest BCUT2D eigenvalue weighted by Crippen LogP contribution is 2.17. The summed E-state index contributed by atoms with van der Waals surface area (Å²) >= 11 is 0. The van der Waals surface area contributed by atoms with Gasteiger partial charge in [0.2, 0.25) is 0 Å². The lowest BCUT2D eigenvalue weighted by molar-refractivity contribution is 0.0939. The average molecular weight is 228 g/mol. The molecule has 0 bridgehead atoms. The lowest BCUT2D eigenvalue weighted by atomic mass is 10.1. The molecule has 0 saturated carbocycles. The Hall–Kier alpha value is -1.61. The summed E-state index contributed by atoms with van der Waals surface area (Å²) in [4.78, 5) is 12.0. The molecule has 1 heterocycles. The Balaban J connectivity index is 1.72. The molecule has 88 valence electrons. The highest BCUT2D eigenvalue weighted by molar-refractivity contribution is 5.94. The van der Waals surface area contributed by atoms with Gasteiger partial charge in [-0.2, -0.15) is 0 Å². The fourth-order valence-corrected chi connectivity index (χ4v) is 2.44. The van der Waals surface area contributed by atoms with Crippen molar-refractivity contribution in [2.75, 3.05) is 0 Å². The van der Waals surface area contributed by atoms with E-state index in [9.17, 15) is 4.79 Å². The second-order valence-corrected chi connectivity index (χ2v) is 4.70. The van der Waals surface area contributed by atoms with Gasteiger partial charge in [-0.05, 0) is 36.1 Å². The number of rotatable bonds is 2. The summed E-state index contributed by atoms with van der Waals surface area (Å²) in [5, 5.41) is 6.35. The van der Waals surface area contributed by atoms with E-state index in [4.69, 9.17) is 0 Å². The normalized spacial score (nSPS) is 18.4. The Morgan fingerprint density at radius 2 is 1.94 bits per heavy atom. The highest BCUT2D eigenvalue weighted by Gasteiger charge is 2.16. The minimum atomic E-state index is 0.0494. The van der Waals surface area contributed by atoms with Crippen molar-refractivity contribution in [3.05, 3.63) is 47.0 Å². The van der Waals surface area contributed by atoms with Gasteiger partial charge in [0.05, 0.1) is 0 Å². The molecule has 3 rings (SSSR count). The van der Waals surface area contributed by atoms with Gasteiger partial charge in [0.1, 0.15) is 0 Å². The SMILES string of the molecule is O=C(NC1CC=CC1)c1ccc2c(c1)CNC2. The van der Waals surface area contributed by atoms with Gasteiger partial charge < -0.3 is 10.6 Å². The third-order valence-corrected chi connectivity index (χ3v) is 3.44. The number of nitrogens with one attached hydrogen (secondary N) is 2. The van der Waals surface area contributed by atoms with Crippen molar-refractivity contribution in [2.45, 2.75) is 32.0 Å². The summed E-state index contributed by atoms with van der Waals surface area (Å²) in [7, 11) is 0. The van der Waals surface area contributed by atoms with Crippen molar-refractivity contribution < 1.29 is 4.79 Å². The quantitative estimate of drug-likeness (QED) is 0.757. The van der Waals surface area contributed by atoms with Crippen molar-refractivity contribution in [3.8, 4) is 0 Å². The minimum Gasteiger partial charge on any atom is -0.349 e. The van der Waals surface area contributed by atoms with Crippen molar-refractivity contribution in [1.82, 2.24) is 10.6 Å². The van der Waals surface area contributed by atoms with Crippen molar-refractivity contribution in [2.24, 2.45) is 0 Å². The predicted octanol–water partition coefficient (Wildman–Crippen LogP) is 1.74. The number of fused-ring (bicyclic) bond motifs is 1. The molecule has 1 aliphatic carbocycles. The van der Waals surface area contributed by atoms with E-state index in [1.165, 1.54) is 11.1 Å². The second kappa shape index (κ2) is 4.34. The van der Waals surface area contributed by atoms with E-state index < -0.39 is 0 Å². The molecular weight excluding hydrogens is 212 g/mol. The Labute approximate surface area is 101 Å². The van der Waals surface area contributed by atoms with Crippen LogP contribution in [0, 0.1) is 0 Å². The number of carbonyl (C=O) groups is 1. The lowest BCUT2D eigenvalue weighted by Gasteiger charge is -2.12. The molecule has 2 N–H and O–H groups in total. The molecule has 0 fully saturated rings. The maximum atomic E-state index is 12.0. The summed E-state index contributed by atoms with van der Waals surface area (Å²) in [5.74, 6) is 0.0494. The Morgan fingerprint density at radius 3 is 2.76 bits per heavy atom. The van der Waals surface area contributed by atoms with E-state index >= 15 is 0 Å². The maximum Gasteiger partial charge on any atom is 0.251 e. The standard InChI is InChI=1S/C14H16N2O/c17-14(16-13-3-1-2-4-13)10-5-6-11-8-15-9-12(11)7-10/h1-2,5-7,13,15H,3-4,8-9H2,(H,16,17). The summed E-state index contributed by atoms with van der Waals surface area (Å²) in [6, 6.07) is 6.27. The first-order valence-corrected chi connectivity index (χ1v) is 6.11. The van der Waals surface area contributed by atoms with Gasteiger partial charge in [-0.1, -0.05) is 18.2 Å². The molecule has 1 aliphatic heterocycles. The fourth-order valence-electron chi connectivity index (χ4n) is 2.44. The molecule has 0 unspecified atom stereocenters. The van der Waals surface area contributed by atoms with Crippen molar-refractivity contribution in [3.63, 3.8) is 0 Å². The number of amides is 1. The Morgan fingerprint density at radius 1 is 1.18 bits per heavy atom. The zero-order valence-electron chi connectivity index (χ0n) is 9.70. The van der Waals surface area contributed by atoms with Gasteiger partial charge in [-0.3, -0.25) is 4.79 Å². The second-order valence-electron chi connectivity index (χ2n) is 4.70. The Bertz CT molecular complexity index is 471. The van der Waals surface area contributed by atoms with Crippen LogP contribution in [0.4, 0.5) is 0 Å². The molecular formula is C14H16N2O. The van der Waals surface area contributed by atoms with E-state index in [-0.39, 0.29) is 11.9 Å². The van der Waals surface area contributed by atoms with Gasteiger partial charge in [-0.15, -0.1) is 0 Å². The first-order chi connectivity index (χ1) is 8.33. The van der Waals surface area contributed by atoms with Crippen LogP contribution in [0.2, 0.25) is 0 Å². The predicted molar refractivity (Wildman–Crippen MR) is 66.6 cm³/mol. The van der Waals surface area contributed by atoms with Crippen LogP contribution >= 0.6 is 0 Å². The molecule has 17 heavy (non-hydrogen) atoms. The minimum absolute atomic E-state index is 0.0494. The van der Waals surface area contributed by atoms with Gasteiger partial charge in [0.15, 0.2) is 0 Å². The van der Waals surface area contributed by atoms with Crippen LogP contribution in [0.1, 0.15) is 34.3 Å². The van der Waals surface area contributed by atoms with Gasteiger partial charge in [-0.25, -0.2) is 0 Å². The molecule has 1 aromatic rings. The molecule has 1 aromatic carbocycles. The van der Waals surface area contributed by atoms with E-state index in [1.807, 2.05) is 12.1 Å². The molecule has 0 saturated heterocycles. The largest absolute Gasteiger partial charge is 0.349 e. The third kappa shape index (κ3) is 2.11. The molecule has 2 aliphatic rings. The summed E-state index contributed by atoms with van der Waals surface area (Å²) < 4.78 is 0. The van der Waals surface area contributed by atoms with E-state index in [0.717, 1.165) is 31.5 Å². The summed E-state index contributed by atoms with van der Waals surface area (Å²) in [5.41, 5.74) is 3.34. The first-order valence-electron chi connectivity index (χ1n) is 6.11. The molecule has 0 radical (unpaired) electrons. The number of hydrogen-bond donors (Lipinski definition) is 2. The van der Waals surface area contributed by atoms with Crippen LogP contribution < -0.4 is 10.6 Å². The zero-order valence-corrected chi connectivity index (χ0v) is 9.70. The molecule has 3 heteroatoms. The number of benzene rings is 1. The van der Waals surface area contributed by atoms with E-state index in [1.54, 1.807) is 0 Å². The maximum absolute atomic E-state index is 12.0. The fraction of sp³-hybridized carbons (Fsp3) is 0.357. The number of hydrogen-bond acceptors (Lipinski definition) is 2. The number of carbonyl (C=O) groups excluding carboxylic acids is 1. The molecule has 0 atom stereocenters. The summed E-state index contributed by atoms with van der Waals surface area (Å²) in [6.45, 7) is 1.80. The molecule has 3 nitrogen and oxygen atoms in total. The molecule has 0 spiro atoms. The zero-order chi connectivity index (χ0) is 11.7. The Kier molecular flexibility index (Phi) is 2.69. The monoisotopic (exact) mass is 228 g/mol.